The molecule has 188 valence electrons. The second-order valence-electron chi connectivity index (χ2n) is 8.79. The van der Waals surface area contributed by atoms with Gasteiger partial charge in [-0.3, -0.25) is 19.8 Å². The van der Waals surface area contributed by atoms with Gasteiger partial charge in [-0.25, -0.2) is 4.39 Å². The van der Waals surface area contributed by atoms with E-state index in [2.05, 4.69) is 15.1 Å². The molecule has 5 rings (SSSR count). The Kier molecular flexibility index (Phi) is 6.96. The fourth-order valence-corrected chi connectivity index (χ4v) is 4.43. The first kappa shape index (κ1) is 24.2. The van der Waals surface area contributed by atoms with Gasteiger partial charge in [0.15, 0.2) is 5.76 Å². The van der Waals surface area contributed by atoms with Crippen molar-refractivity contribution in [3.63, 3.8) is 0 Å². The maximum atomic E-state index is 13.9. The molecule has 0 aliphatic carbocycles. The minimum absolute atomic E-state index is 0.0585. The van der Waals surface area contributed by atoms with E-state index in [-0.39, 0.29) is 23.0 Å². The Bertz CT molecular complexity index is 1410. The van der Waals surface area contributed by atoms with Crippen LogP contribution in [0.3, 0.4) is 0 Å². The standard InChI is InChI=1S/C28H25FN4O4/c29-24-7-3-1-5-20(24)19-31-15-17-32(18-16-31)22-11-9-21(10-12-22)30-28(34)27-14-13-26(37-27)23-6-2-4-8-25(23)33(35)36/h1-14H,15-19H2,(H,30,34). The number of nitrogens with zero attached hydrogens (tertiary/aromatic N) is 3. The number of para-hydroxylation sites is 1. The number of carbonyl (C=O) groups is 1. The lowest BCUT2D eigenvalue weighted by Crippen LogP contribution is -2.46. The zero-order valence-corrected chi connectivity index (χ0v) is 20.0. The van der Waals surface area contributed by atoms with E-state index in [1.165, 1.54) is 18.2 Å². The molecule has 8 nitrogen and oxygen atoms in total. The Labute approximate surface area is 213 Å². The minimum Gasteiger partial charge on any atom is -0.451 e. The van der Waals surface area contributed by atoms with Crippen molar-refractivity contribution in [2.75, 3.05) is 36.4 Å². The molecular formula is C28H25FN4O4. The Morgan fingerprint density at radius 1 is 0.919 bits per heavy atom. The van der Waals surface area contributed by atoms with Gasteiger partial charge in [-0.2, -0.15) is 0 Å². The van der Waals surface area contributed by atoms with Gasteiger partial charge in [0, 0.05) is 55.7 Å². The highest BCUT2D eigenvalue weighted by atomic mass is 19.1. The molecule has 37 heavy (non-hydrogen) atoms. The lowest BCUT2D eigenvalue weighted by Gasteiger charge is -2.36. The van der Waals surface area contributed by atoms with E-state index < -0.39 is 10.8 Å². The van der Waals surface area contributed by atoms with Crippen LogP contribution in [0, 0.1) is 15.9 Å². The first-order valence-corrected chi connectivity index (χ1v) is 11.9. The van der Waals surface area contributed by atoms with Gasteiger partial charge in [0.25, 0.3) is 11.6 Å². The number of nitrogens with one attached hydrogen (secondary N) is 1. The van der Waals surface area contributed by atoms with E-state index in [9.17, 15) is 19.3 Å². The second-order valence-corrected chi connectivity index (χ2v) is 8.79. The molecule has 0 saturated carbocycles. The largest absolute Gasteiger partial charge is 0.451 e. The number of carbonyl (C=O) groups excluding carboxylic acids is 1. The Balaban J connectivity index is 1.17. The number of anilines is 2. The summed E-state index contributed by atoms with van der Waals surface area (Å²) in [6, 6.07) is 23.7. The van der Waals surface area contributed by atoms with Crippen LogP contribution in [0.15, 0.2) is 89.3 Å². The number of amides is 1. The third-order valence-corrected chi connectivity index (χ3v) is 6.41. The molecule has 0 spiro atoms. The van der Waals surface area contributed by atoms with Gasteiger partial charge in [0.1, 0.15) is 11.6 Å². The van der Waals surface area contributed by atoms with Crippen LogP contribution in [0.4, 0.5) is 21.5 Å². The summed E-state index contributed by atoms with van der Waals surface area (Å²) in [5, 5.41) is 14.1. The van der Waals surface area contributed by atoms with Crippen LogP contribution in [0.2, 0.25) is 0 Å². The molecular weight excluding hydrogens is 475 g/mol. The summed E-state index contributed by atoms with van der Waals surface area (Å²) < 4.78 is 19.6. The summed E-state index contributed by atoms with van der Waals surface area (Å²) in [5.41, 5.74) is 2.58. The number of hydrogen-bond donors (Lipinski definition) is 1. The molecule has 1 amide bonds. The van der Waals surface area contributed by atoms with Crippen LogP contribution in [0.5, 0.6) is 0 Å². The molecule has 1 aliphatic rings. The molecule has 2 heterocycles. The molecule has 4 aromatic rings. The highest BCUT2D eigenvalue weighted by Gasteiger charge is 2.20. The van der Waals surface area contributed by atoms with Crippen LogP contribution in [-0.2, 0) is 6.54 Å². The maximum absolute atomic E-state index is 13.9. The van der Waals surface area contributed by atoms with E-state index in [1.807, 2.05) is 36.4 Å². The first-order chi connectivity index (χ1) is 18.0. The monoisotopic (exact) mass is 500 g/mol. The highest BCUT2D eigenvalue weighted by Crippen LogP contribution is 2.31. The Morgan fingerprint density at radius 2 is 1.62 bits per heavy atom. The molecule has 3 aromatic carbocycles. The summed E-state index contributed by atoms with van der Waals surface area (Å²) in [4.78, 5) is 28.0. The Morgan fingerprint density at radius 3 is 2.35 bits per heavy atom. The number of nitro groups is 1. The van der Waals surface area contributed by atoms with Crippen molar-refractivity contribution in [3.05, 3.63) is 112 Å². The third-order valence-electron chi connectivity index (χ3n) is 6.41. The zero-order valence-electron chi connectivity index (χ0n) is 20.0. The van der Waals surface area contributed by atoms with Gasteiger partial charge in [-0.15, -0.1) is 0 Å². The van der Waals surface area contributed by atoms with Crippen LogP contribution >= 0.6 is 0 Å². The topological polar surface area (TPSA) is 91.9 Å². The normalized spacial score (nSPS) is 13.9. The molecule has 0 bridgehead atoms. The average molecular weight is 501 g/mol. The van der Waals surface area contributed by atoms with Crippen LogP contribution < -0.4 is 10.2 Å². The summed E-state index contributed by atoms with van der Waals surface area (Å²) in [7, 11) is 0. The first-order valence-electron chi connectivity index (χ1n) is 11.9. The van der Waals surface area contributed by atoms with E-state index in [4.69, 9.17) is 4.42 Å². The summed E-state index contributed by atoms with van der Waals surface area (Å²) >= 11 is 0. The lowest BCUT2D eigenvalue weighted by molar-refractivity contribution is -0.384. The van der Waals surface area contributed by atoms with Crippen LogP contribution in [0.25, 0.3) is 11.3 Å². The number of nitro benzene ring substituents is 1. The highest BCUT2D eigenvalue weighted by molar-refractivity contribution is 6.02. The number of piperazine rings is 1. The van der Waals surface area contributed by atoms with E-state index in [0.29, 0.717) is 23.4 Å². The smallest absolute Gasteiger partial charge is 0.291 e. The maximum Gasteiger partial charge on any atom is 0.291 e. The van der Waals surface area contributed by atoms with Crippen molar-refractivity contribution >= 4 is 23.0 Å². The second kappa shape index (κ2) is 10.6. The molecule has 1 saturated heterocycles. The SMILES string of the molecule is O=C(Nc1ccc(N2CCN(Cc3ccccc3F)CC2)cc1)c1ccc(-c2ccccc2[N+](=O)[O-])o1. The predicted molar refractivity (Wildman–Crippen MR) is 139 cm³/mol. The average Bonchev–Trinajstić information content (AvgIpc) is 3.41. The molecule has 0 unspecified atom stereocenters. The molecule has 1 N–H and O–H groups in total. The van der Waals surface area contributed by atoms with Gasteiger partial charge < -0.3 is 14.6 Å². The van der Waals surface area contributed by atoms with E-state index >= 15 is 0 Å². The zero-order chi connectivity index (χ0) is 25.8. The summed E-state index contributed by atoms with van der Waals surface area (Å²) in [6.45, 7) is 3.89. The fourth-order valence-electron chi connectivity index (χ4n) is 4.43. The van der Waals surface area contributed by atoms with Crippen molar-refractivity contribution in [1.29, 1.82) is 0 Å². The van der Waals surface area contributed by atoms with E-state index in [1.54, 1.807) is 30.3 Å². The molecule has 1 aliphatic heterocycles. The molecule has 0 atom stereocenters. The third kappa shape index (κ3) is 5.52. The number of rotatable bonds is 7. The molecule has 1 fully saturated rings. The summed E-state index contributed by atoms with van der Waals surface area (Å²) in [6.07, 6.45) is 0. The molecule has 0 radical (unpaired) electrons. The summed E-state index contributed by atoms with van der Waals surface area (Å²) in [5.74, 6) is -0.306. The van der Waals surface area contributed by atoms with Crippen LogP contribution in [-0.4, -0.2) is 41.9 Å². The fraction of sp³-hybridized carbons (Fsp3) is 0.179. The van der Waals surface area contributed by atoms with Crippen molar-refractivity contribution < 1.29 is 18.5 Å². The lowest BCUT2D eigenvalue weighted by atomic mass is 10.1. The van der Waals surface area contributed by atoms with Gasteiger partial charge in [0.2, 0.25) is 0 Å². The molecule has 1 aromatic heterocycles. The van der Waals surface area contributed by atoms with Gasteiger partial charge in [0.05, 0.1) is 10.5 Å². The van der Waals surface area contributed by atoms with Gasteiger partial charge in [-0.05, 0) is 48.5 Å². The van der Waals surface area contributed by atoms with Crippen molar-refractivity contribution in [3.8, 4) is 11.3 Å². The minimum atomic E-state index is -0.484. The van der Waals surface area contributed by atoms with Crippen LogP contribution in [0.1, 0.15) is 16.1 Å². The van der Waals surface area contributed by atoms with Crippen molar-refractivity contribution in [2.24, 2.45) is 0 Å². The van der Waals surface area contributed by atoms with Gasteiger partial charge >= 0.3 is 0 Å². The Hall–Kier alpha value is -4.50. The number of furan rings is 1. The van der Waals surface area contributed by atoms with E-state index in [0.717, 1.165) is 31.9 Å². The quantitative estimate of drug-likeness (QED) is 0.264. The number of halogens is 1. The van der Waals surface area contributed by atoms with Gasteiger partial charge in [-0.1, -0.05) is 30.3 Å². The number of hydrogen-bond acceptors (Lipinski definition) is 6. The van der Waals surface area contributed by atoms with Crippen molar-refractivity contribution in [2.45, 2.75) is 6.54 Å². The van der Waals surface area contributed by atoms with Crippen molar-refractivity contribution in [1.82, 2.24) is 4.90 Å². The number of benzene rings is 3. The molecule has 9 heteroatoms. The predicted octanol–water partition coefficient (Wildman–Crippen LogP) is 5.57.